The van der Waals surface area contributed by atoms with Gasteiger partial charge in [0.25, 0.3) is 0 Å². The van der Waals surface area contributed by atoms with Gasteiger partial charge in [-0.3, -0.25) is 0 Å². The summed E-state index contributed by atoms with van der Waals surface area (Å²) in [5.74, 6) is -2.64. The minimum atomic E-state index is -1.34. The number of benzene rings is 1. The zero-order valence-corrected chi connectivity index (χ0v) is 9.60. The molecular weight excluding hydrogens is 265 g/mol. The standard InChI is InChI=1S/C11H7NO4.Mn/c13-10(14)7-5-6-3-1-2-4-8(6)12-9(7)11(15)16;/h1-5H,(H,13,14)(H,15,16);. The van der Waals surface area contributed by atoms with Gasteiger partial charge in [0.1, 0.15) is 0 Å². The molecule has 2 rings (SSSR count). The second kappa shape index (κ2) is 4.95. The Morgan fingerprint density at radius 2 is 1.71 bits per heavy atom. The van der Waals surface area contributed by atoms with E-state index in [0.29, 0.717) is 10.9 Å². The Kier molecular flexibility index (Phi) is 3.83. The fourth-order valence-corrected chi connectivity index (χ4v) is 1.44. The number of fused-ring (bicyclic) bond motifs is 1. The van der Waals surface area contributed by atoms with Gasteiger partial charge in [-0.05, 0) is 12.1 Å². The van der Waals surface area contributed by atoms with Crippen molar-refractivity contribution in [2.75, 3.05) is 0 Å². The molecular formula is C11H7MnNO4. The maximum atomic E-state index is 10.9. The van der Waals surface area contributed by atoms with Crippen LogP contribution in [0.1, 0.15) is 20.8 Å². The molecule has 1 aromatic heterocycles. The summed E-state index contributed by atoms with van der Waals surface area (Å²) in [6, 6.07) is 8.07. The molecule has 0 atom stereocenters. The Labute approximate surface area is 107 Å². The third-order valence-corrected chi connectivity index (χ3v) is 2.16. The molecule has 1 heterocycles. The van der Waals surface area contributed by atoms with E-state index in [1.165, 1.54) is 6.07 Å². The summed E-state index contributed by atoms with van der Waals surface area (Å²) in [5, 5.41) is 18.3. The van der Waals surface area contributed by atoms with Crippen molar-refractivity contribution in [2.45, 2.75) is 0 Å². The number of pyridine rings is 1. The van der Waals surface area contributed by atoms with E-state index in [2.05, 4.69) is 4.98 Å². The van der Waals surface area contributed by atoms with Gasteiger partial charge in [-0.2, -0.15) is 0 Å². The smallest absolute Gasteiger partial charge is 0.355 e. The molecule has 0 saturated heterocycles. The van der Waals surface area contributed by atoms with Gasteiger partial charge < -0.3 is 10.2 Å². The van der Waals surface area contributed by atoms with Gasteiger partial charge in [0.15, 0.2) is 5.69 Å². The van der Waals surface area contributed by atoms with Gasteiger partial charge in [0.2, 0.25) is 0 Å². The first-order chi connectivity index (χ1) is 7.59. The maximum Gasteiger partial charge on any atom is 0.355 e. The van der Waals surface area contributed by atoms with Gasteiger partial charge in [-0.25, -0.2) is 14.6 Å². The van der Waals surface area contributed by atoms with Crippen molar-refractivity contribution >= 4 is 22.8 Å². The Balaban J connectivity index is 0.00000144. The average molecular weight is 272 g/mol. The first-order valence-electron chi connectivity index (χ1n) is 4.46. The van der Waals surface area contributed by atoms with Crippen LogP contribution in [-0.4, -0.2) is 27.1 Å². The molecule has 0 aliphatic rings. The third-order valence-electron chi connectivity index (χ3n) is 2.16. The molecule has 87 valence electrons. The molecule has 0 aliphatic heterocycles. The number of aromatic nitrogens is 1. The number of hydrogen-bond acceptors (Lipinski definition) is 3. The van der Waals surface area contributed by atoms with E-state index in [0.717, 1.165) is 0 Å². The van der Waals surface area contributed by atoms with E-state index in [1.54, 1.807) is 24.3 Å². The summed E-state index contributed by atoms with van der Waals surface area (Å²) < 4.78 is 0. The van der Waals surface area contributed by atoms with Crippen LogP contribution in [0, 0.1) is 0 Å². The molecule has 1 aromatic carbocycles. The van der Waals surface area contributed by atoms with Crippen molar-refractivity contribution in [3.05, 3.63) is 41.6 Å². The molecule has 2 N–H and O–H groups in total. The van der Waals surface area contributed by atoms with Gasteiger partial charge in [0.05, 0.1) is 11.1 Å². The monoisotopic (exact) mass is 272 g/mol. The van der Waals surface area contributed by atoms with Crippen molar-refractivity contribution in [2.24, 2.45) is 0 Å². The van der Waals surface area contributed by atoms with Crippen molar-refractivity contribution in [1.29, 1.82) is 0 Å². The van der Waals surface area contributed by atoms with Gasteiger partial charge >= 0.3 is 11.9 Å². The van der Waals surface area contributed by atoms with E-state index < -0.39 is 17.6 Å². The van der Waals surface area contributed by atoms with Crippen LogP contribution in [0.4, 0.5) is 0 Å². The van der Waals surface area contributed by atoms with Gasteiger partial charge in [0, 0.05) is 22.5 Å². The second-order valence-electron chi connectivity index (χ2n) is 3.19. The van der Waals surface area contributed by atoms with Crippen LogP contribution < -0.4 is 0 Å². The summed E-state index contributed by atoms with van der Waals surface area (Å²) in [6.45, 7) is 0. The molecule has 17 heavy (non-hydrogen) atoms. The zero-order valence-electron chi connectivity index (χ0n) is 8.42. The average Bonchev–Trinajstić information content (AvgIpc) is 2.27. The predicted molar refractivity (Wildman–Crippen MR) is 55.7 cm³/mol. The third kappa shape index (κ3) is 2.43. The van der Waals surface area contributed by atoms with E-state index in [1.807, 2.05) is 0 Å². The molecule has 0 saturated carbocycles. The first-order valence-corrected chi connectivity index (χ1v) is 4.46. The topological polar surface area (TPSA) is 87.5 Å². The molecule has 0 amide bonds. The van der Waals surface area contributed by atoms with Crippen LogP contribution in [-0.2, 0) is 17.1 Å². The fourth-order valence-electron chi connectivity index (χ4n) is 1.44. The van der Waals surface area contributed by atoms with E-state index in [9.17, 15) is 9.59 Å². The van der Waals surface area contributed by atoms with Gasteiger partial charge in [-0.1, -0.05) is 18.2 Å². The number of nitrogens with zero attached hydrogens (tertiary/aromatic N) is 1. The van der Waals surface area contributed by atoms with Crippen molar-refractivity contribution < 1.29 is 36.9 Å². The predicted octanol–water partition coefficient (Wildman–Crippen LogP) is 1.63. The van der Waals surface area contributed by atoms with Crippen molar-refractivity contribution in [1.82, 2.24) is 4.98 Å². The molecule has 0 fully saturated rings. The first kappa shape index (κ1) is 13.2. The van der Waals surface area contributed by atoms with E-state index in [-0.39, 0.29) is 22.6 Å². The fraction of sp³-hybridized carbons (Fsp3) is 0. The largest absolute Gasteiger partial charge is 0.478 e. The quantitative estimate of drug-likeness (QED) is 0.811. The molecule has 1 radical (unpaired) electrons. The Morgan fingerprint density at radius 3 is 2.29 bits per heavy atom. The van der Waals surface area contributed by atoms with Crippen LogP contribution in [0.25, 0.3) is 10.9 Å². The van der Waals surface area contributed by atoms with Crippen molar-refractivity contribution in [3.63, 3.8) is 0 Å². The summed E-state index contributed by atoms with van der Waals surface area (Å²) in [6.07, 6.45) is 0. The minimum absolute atomic E-state index is 0. The maximum absolute atomic E-state index is 10.9. The summed E-state index contributed by atoms with van der Waals surface area (Å²) >= 11 is 0. The molecule has 0 unspecified atom stereocenters. The van der Waals surface area contributed by atoms with E-state index in [4.69, 9.17) is 10.2 Å². The Morgan fingerprint density at radius 1 is 1.06 bits per heavy atom. The minimum Gasteiger partial charge on any atom is -0.478 e. The summed E-state index contributed by atoms with van der Waals surface area (Å²) in [5.41, 5.74) is -0.276. The summed E-state index contributed by atoms with van der Waals surface area (Å²) in [7, 11) is 0. The Hall–Kier alpha value is -1.91. The summed E-state index contributed by atoms with van der Waals surface area (Å²) in [4.78, 5) is 25.5. The zero-order chi connectivity index (χ0) is 11.7. The number of aromatic carboxylic acids is 2. The normalized spacial score (nSPS) is 9.65. The van der Waals surface area contributed by atoms with Gasteiger partial charge in [-0.15, -0.1) is 0 Å². The number of carbonyl (C=O) groups is 2. The number of para-hydroxylation sites is 1. The Bertz CT molecular complexity index is 545. The van der Waals surface area contributed by atoms with Crippen LogP contribution in [0.3, 0.4) is 0 Å². The number of carboxylic acids is 2. The molecule has 0 aliphatic carbocycles. The number of rotatable bonds is 2. The van der Waals surface area contributed by atoms with E-state index >= 15 is 0 Å². The number of carboxylic acid groups (broad SMARTS) is 2. The SMILES string of the molecule is O=C(O)c1cc2ccccc2nc1C(=O)O.[Mn]. The number of hydrogen-bond donors (Lipinski definition) is 2. The van der Waals surface area contributed by atoms with Crippen LogP contribution in [0.5, 0.6) is 0 Å². The van der Waals surface area contributed by atoms with Crippen LogP contribution in [0.15, 0.2) is 30.3 Å². The van der Waals surface area contributed by atoms with Crippen LogP contribution in [0.2, 0.25) is 0 Å². The molecule has 5 nitrogen and oxygen atoms in total. The molecule has 6 heteroatoms. The second-order valence-corrected chi connectivity index (χ2v) is 3.19. The molecule has 2 aromatic rings. The van der Waals surface area contributed by atoms with Crippen LogP contribution >= 0.6 is 0 Å². The molecule has 0 bridgehead atoms. The van der Waals surface area contributed by atoms with Crippen molar-refractivity contribution in [3.8, 4) is 0 Å². The molecule has 0 spiro atoms.